The molecule has 0 spiro atoms. The molecule has 0 N–H and O–H groups in total. The minimum absolute atomic E-state index is 0. The Morgan fingerprint density at radius 3 is 2.70 bits per heavy atom. The largest absolute Gasteiger partial charge is 1.00 e. The molecule has 0 saturated carbocycles. The zero-order chi connectivity index (χ0) is 6.69. The Labute approximate surface area is 81.4 Å². The van der Waals surface area contributed by atoms with E-state index in [-0.39, 0.29) is 35.1 Å². The van der Waals surface area contributed by atoms with E-state index in [0.717, 1.165) is 6.42 Å². The third-order valence-electron chi connectivity index (χ3n) is 1.23. The van der Waals surface area contributed by atoms with Gasteiger partial charge in [0.2, 0.25) is 0 Å². The standard InChI is InChI=1S/C6H8O3.Na/c7-4-5-2-1-3-9-6(5)8;/h4,7H,1-3H2;/q;+1/p-1/b5-4+;. The summed E-state index contributed by atoms with van der Waals surface area (Å²) in [7, 11) is 0. The van der Waals surface area contributed by atoms with Crippen LogP contribution in [0.1, 0.15) is 12.8 Å². The van der Waals surface area contributed by atoms with E-state index in [0.29, 0.717) is 19.3 Å². The molecule has 1 fully saturated rings. The predicted molar refractivity (Wildman–Crippen MR) is 28.3 cm³/mol. The van der Waals surface area contributed by atoms with Crippen LogP contribution in [0.2, 0.25) is 0 Å². The zero-order valence-electron chi connectivity index (χ0n) is 5.92. The molecule has 0 radical (unpaired) electrons. The third-order valence-corrected chi connectivity index (χ3v) is 1.23. The molecule has 0 unspecified atom stereocenters. The molecule has 0 aromatic rings. The van der Waals surface area contributed by atoms with Gasteiger partial charge in [0.15, 0.2) is 0 Å². The van der Waals surface area contributed by atoms with Crippen molar-refractivity contribution in [2.75, 3.05) is 6.61 Å². The molecule has 0 aromatic heterocycles. The summed E-state index contributed by atoms with van der Waals surface area (Å²) in [6.45, 7) is 0.455. The van der Waals surface area contributed by atoms with Crippen LogP contribution in [0, 0.1) is 0 Å². The van der Waals surface area contributed by atoms with Crippen molar-refractivity contribution in [3.05, 3.63) is 11.8 Å². The summed E-state index contributed by atoms with van der Waals surface area (Å²) in [5.74, 6) is -0.448. The van der Waals surface area contributed by atoms with E-state index in [4.69, 9.17) is 0 Å². The summed E-state index contributed by atoms with van der Waals surface area (Å²) in [5.41, 5.74) is 0.265. The van der Waals surface area contributed by atoms with Crippen LogP contribution in [0.4, 0.5) is 0 Å². The molecule has 50 valence electrons. The molecule has 1 aliphatic rings. The summed E-state index contributed by atoms with van der Waals surface area (Å²) >= 11 is 0. The van der Waals surface area contributed by atoms with Gasteiger partial charge < -0.3 is 9.84 Å². The van der Waals surface area contributed by atoms with Gasteiger partial charge in [0.1, 0.15) is 0 Å². The Morgan fingerprint density at radius 2 is 2.30 bits per heavy atom. The summed E-state index contributed by atoms with van der Waals surface area (Å²) in [6.07, 6.45) is 1.92. The van der Waals surface area contributed by atoms with Crippen LogP contribution in [0.15, 0.2) is 11.8 Å². The molecule has 0 bridgehead atoms. The van der Waals surface area contributed by atoms with Gasteiger partial charge in [-0.3, -0.25) is 0 Å². The monoisotopic (exact) mass is 150 g/mol. The third kappa shape index (κ3) is 2.33. The van der Waals surface area contributed by atoms with Crippen molar-refractivity contribution in [2.45, 2.75) is 12.8 Å². The minimum atomic E-state index is -0.448. The molecule has 4 heteroatoms. The first kappa shape index (κ1) is 10.0. The number of esters is 1. The Kier molecular flexibility index (Phi) is 4.77. The van der Waals surface area contributed by atoms with Crippen LogP contribution in [0.3, 0.4) is 0 Å². The minimum Gasteiger partial charge on any atom is -0.878 e. The van der Waals surface area contributed by atoms with Crippen LogP contribution in [0.25, 0.3) is 0 Å². The van der Waals surface area contributed by atoms with Gasteiger partial charge in [0.05, 0.1) is 6.61 Å². The maximum atomic E-state index is 10.5. The van der Waals surface area contributed by atoms with Gasteiger partial charge in [-0.05, 0) is 12.8 Å². The molecule has 0 aliphatic carbocycles. The summed E-state index contributed by atoms with van der Waals surface area (Å²) in [6, 6.07) is 0. The zero-order valence-corrected chi connectivity index (χ0v) is 7.92. The molecule has 1 heterocycles. The van der Waals surface area contributed by atoms with E-state index in [1.54, 1.807) is 0 Å². The van der Waals surface area contributed by atoms with Crippen molar-refractivity contribution < 1.29 is 44.2 Å². The Bertz CT molecular complexity index is 153. The number of carbonyl (C=O) groups excluding carboxylic acids is 1. The van der Waals surface area contributed by atoms with Crippen LogP contribution in [-0.4, -0.2) is 12.6 Å². The average molecular weight is 150 g/mol. The molecular formula is C6H7NaO3. The number of rotatable bonds is 0. The van der Waals surface area contributed by atoms with Crippen molar-refractivity contribution in [2.24, 2.45) is 0 Å². The van der Waals surface area contributed by atoms with Gasteiger partial charge in [-0.25, -0.2) is 4.79 Å². The molecule has 1 rings (SSSR count). The topological polar surface area (TPSA) is 49.4 Å². The van der Waals surface area contributed by atoms with Gasteiger partial charge in [0, 0.05) is 5.57 Å². The number of carbonyl (C=O) groups is 1. The maximum Gasteiger partial charge on any atom is 1.00 e. The smallest absolute Gasteiger partial charge is 0.878 e. The predicted octanol–water partition coefficient (Wildman–Crippen LogP) is -3.43. The first-order valence-electron chi connectivity index (χ1n) is 2.82. The van der Waals surface area contributed by atoms with E-state index in [9.17, 15) is 9.90 Å². The maximum absolute atomic E-state index is 10.5. The van der Waals surface area contributed by atoms with Gasteiger partial charge in [-0.1, -0.05) is 0 Å². The fraction of sp³-hybridized carbons (Fsp3) is 0.500. The van der Waals surface area contributed by atoms with Gasteiger partial charge >= 0.3 is 35.5 Å². The van der Waals surface area contributed by atoms with E-state index >= 15 is 0 Å². The summed E-state index contributed by atoms with van der Waals surface area (Å²) in [4.78, 5) is 10.5. The van der Waals surface area contributed by atoms with E-state index in [1.165, 1.54) is 0 Å². The number of ether oxygens (including phenoxy) is 1. The fourth-order valence-electron chi connectivity index (χ4n) is 0.729. The van der Waals surface area contributed by atoms with Crippen LogP contribution in [-0.2, 0) is 9.53 Å². The van der Waals surface area contributed by atoms with E-state index in [1.807, 2.05) is 0 Å². The van der Waals surface area contributed by atoms with Crippen molar-refractivity contribution in [3.63, 3.8) is 0 Å². The second-order valence-corrected chi connectivity index (χ2v) is 1.88. The van der Waals surface area contributed by atoms with Crippen molar-refractivity contribution in [3.8, 4) is 0 Å². The second-order valence-electron chi connectivity index (χ2n) is 1.88. The molecule has 0 aromatic carbocycles. The van der Waals surface area contributed by atoms with Crippen molar-refractivity contribution in [1.29, 1.82) is 0 Å². The molecule has 1 aliphatic heterocycles. The van der Waals surface area contributed by atoms with Crippen LogP contribution in [0.5, 0.6) is 0 Å². The number of hydrogen-bond acceptors (Lipinski definition) is 3. The second kappa shape index (κ2) is 4.77. The summed E-state index contributed by atoms with van der Waals surface area (Å²) in [5, 5.41) is 10.0. The van der Waals surface area contributed by atoms with E-state index in [2.05, 4.69) is 4.74 Å². The Morgan fingerprint density at radius 1 is 1.60 bits per heavy atom. The van der Waals surface area contributed by atoms with Gasteiger partial charge in [-0.2, -0.15) is 0 Å². The van der Waals surface area contributed by atoms with Crippen LogP contribution < -0.4 is 34.7 Å². The molecule has 0 amide bonds. The van der Waals surface area contributed by atoms with Crippen molar-refractivity contribution in [1.82, 2.24) is 0 Å². The van der Waals surface area contributed by atoms with E-state index < -0.39 is 5.97 Å². The van der Waals surface area contributed by atoms with Crippen molar-refractivity contribution >= 4 is 5.97 Å². The van der Waals surface area contributed by atoms with Gasteiger partial charge in [0.25, 0.3) is 0 Å². The van der Waals surface area contributed by atoms with Gasteiger partial charge in [-0.15, -0.1) is 6.26 Å². The normalized spacial score (nSPS) is 21.6. The summed E-state index contributed by atoms with van der Waals surface area (Å²) < 4.78 is 4.57. The Hall–Kier alpha value is 0.0100. The molecule has 10 heavy (non-hydrogen) atoms. The first-order valence-corrected chi connectivity index (χ1v) is 2.82. The molecule has 3 nitrogen and oxygen atoms in total. The fourth-order valence-corrected chi connectivity index (χ4v) is 0.729. The van der Waals surface area contributed by atoms with Crippen LogP contribution >= 0.6 is 0 Å². The quantitative estimate of drug-likeness (QED) is 0.156. The Balaban J connectivity index is 0.000000810. The number of hydrogen-bond donors (Lipinski definition) is 0. The molecule has 1 saturated heterocycles. The molecular weight excluding hydrogens is 143 g/mol. The SMILES string of the molecule is O=C1OCCC/C1=C\[O-].[Na+]. The average Bonchev–Trinajstić information content (AvgIpc) is 1.89. The molecule has 0 atom stereocenters. The first-order chi connectivity index (χ1) is 4.34. The number of cyclic esters (lactones) is 1.